The third kappa shape index (κ3) is 4.99. The molecule has 6 rings (SSSR count). The van der Waals surface area contributed by atoms with Crippen LogP contribution < -0.4 is 19.5 Å². The number of rotatable bonds is 8. The van der Waals surface area contributed by atoms with Crippen molar-refractivity contribution in [1.29, 1.82) is 0 Å². The summed E-state index contributed by atoms with van der Waals surface area (Å²) in [6, 6.07) is 28.4. The summed E-state index contributed by atoms with van der Waals surface area (Å²) >= 11 is 0. The first-order valence-electron chi connectivity index (χ1n) is 13.0. The van der Waals surface area contributed by atoms with Crippen LogP contribution in [0.3, 0.4) is 0 Å². The number of carbonyl (C=O) groups excluding carboxylic acids is 1. The quantitative estimate of drug-likeness (QED) is 0.280. The van der Waals surface area contributed by atoms with Crippen molar-refractivity contribution in [3.8, 4) is 17.2 Å². The van der Waals surface area contributed by atoms with E-state index in [-0.39, 0.29) is 5.78 Å². The lowest BCUT2D eigenvalue weighted by Crippen LogP contribution is -2.23. The molecule has 0 bridgehead atoms. The van der Waals surface area contributed by atoms with Crippen molar-refractivity contribution in [1.82, 2.24) is 9.38 Å². The van der Waals surface area contributed by atoms with Crippen LogP contribution in [-0.2, 0) is 13.0 Å². The number of hydrogen-bond acceptors (Lipinski definition) is 7. The molecule has 0 aliphatic carbocycles. The molecule has 1 aliphatic heterocycles. The number of aliphatic imine (C=N–C) groups is 1. The Morgan fingerprint density at radius 1 is 0.850 bits per heavy atom. The summed E-state index contributed by atoms with van der Waals surface area (Å²) in [7, 11) is 3.18. The highest BCUT2D eigenvalue weighted by Gasteiger charge is 2.31. The minimum absolute atomic E-state index is 0.110. The molecule has 0 saturated carbocycles. The minimum Gasteiger partial charge on any atom is -0.493 e. The highest BCUT2D eigenvalue weighted by molar-refractivity contribution is 6.16. The van der Waals surface area contributed by atoms with E-state index in [0.29, 0.717) is 47.5 Å². The summed E-state index contributed by atoms with van der Waals surface area (Å²) in [5.41, 5.74) is 3.98. The van der Waals surface area contributed by atoms with Crippen LogP contribution in [0.5, 0.6) is 17.2 Å². The van der Waals surface area contributed by atoms with Crippen LogP contribution in [0.15, 0.2) is 102 Å². The van der Waals surface area contributed by atoms with Gasteiger partial charge in [0.05, 0.1) is 14.2 Å². The number of Topliss-reactive ketones (excluding diaryl/α,β-unsaturated/α-hetero) is 1. The van der Waals surface area contributed by atoms with Gasteiger partial charge in [0.15, 0.2) is 17.3 Å². The molecule has 0 spiro atoms. The number of anilines is 1. The van der Waals surface area contributed by atoms with Crippen LogP contribution in [0, 0.1) is 0 Å². The molecule has 1 N–H and O–H groups in total. The molecule has 0 saturated heterocycles. The maximum atomic E-state index is 14.0. The lowest BCUT2D eigenvalue weighted by Gasteiger charge is -2.14. The van der Waals surface area contributed by atoms with E-state index in [1.165, 1.54) is 0 Å². The average Bonchev–Trinajstić information content (AvgIpc) is 3.31. The number of ketones is 1. The molecule has 1 atom stereocenters. The molecule has 5 aromatic rings. The second-order valence-corrected chi connectivity index (χ2v) is 9.41. The highest BCUT2D eigenvalue weighted by Crippen LogP contribution is 2.30. The summed E-state index contributed by atoms with van der Waals surface area (Å²) in [4.78, 5) is 23.6. The molecule has 2 aromatic heterocycles. The fraction of sp³-hybridized carbons (Fsp3) is 0.156. The summed E-state index contributed by atoms with van der Waals surface area (Å²) in [6.07, 6.45) is 2.26. The number of ether oxygens (including phenoxy) is 3. The molecule has 0 amide bonds. The number of carbonyl (C=O) groups is 1. The van der Waals surface area contributed by atoms with E-state index in [1.807, 2.05) is 102 Å². The first kappa shape index (κ1) is 25.2. The highest BCUT2D eigenvalue weighted by atomic mass is 16.5. The lowest BCUT2D eigenvalue weighted by atomic mass is 10.0. The molecule has 0 radical (unpaired) electrons. The molecule has 200 valence electrons. The molecule has 8 nitrogen and oxygen atoms in total. The van der Waals surface area contributed by atoms with Crippen molar-refractivity contribution in [2.24, 2.45) is 4.99 Å². The third-order valence-corrected chi connectivity index (χ3v) is 6.85. The number of benzene rings is 3. The van der Waals surface area contributed by atoms with Gasteiger partial charge in [-0.3, -0.25) is 14.2 Å². The van der Waals surface area contributed by atoms with Gasteiger partial charge in [0.2, 0.25) is 5.78 Å². The Hall–Kier alpha value is -5.11. The van der Waals surface area contributed by atoms with Crippen LogP contribution in [0.2, 0.25) is 0 Å². The van der Waals surface area contributed by atoms with E-state index in [4.69, 9.17) is 24.2 Å². The van der Waals surface area contributed by atoms with Gasteiger partial charge in [-0.05, 0) is 53.6 Å². The number of nitrogens with one attached hydrogen (secondary N) is 1. The zero-order chi connectivity index (χ0) is 27.5. The van der Waals surface area contributed by atoms with Crippen molar-refractivity contribution >= 4 is 23.1 Å². The smallest absolute Gasteiger partial charge is 0.208 e. The second-order valence-electron chi connectivity index (χ2n) is 9.41. The topological polar surface area (TPSA) is 86.5 Å². The summed E-state index contributed by atoms with van der Waals surface area (Å²) < 4.78 is 18.7. The fourth-order valence-corrected chi connectivity index (χ4v) is 4.79. The zero-order valence-electron chi connectivity index (χ0n) is 22.2. The summed E-state index contributed by atoms with van der Waals surface area (Å²) in [5.74, 6) is 2.83. The first-order chi connectivity index (χ1) is 19.6. The predicted octanol–water partition coefficient (Wildman–Crippen LogP) is 5.60. The largest absolute Gasteiger partial charge is 0.493 e. The second kappa shape index (κ2) is 10.9. The normalized spacial score (nSPS) is 14.6. The predicted molar refractivity (Wildman–Crippen MR) is 154 cm³/mol. The average molecular weight is 533 g/mol. The monoisotopic (exact) mass is 532 g/mol. The van der Waals surface area contributed by atoms with Crippen molar-refractivity contribution in [3.63, 3.8) is 0 Å². The molecular formula is C32H28N4O4. The Morgan fingerprint density at radius 2 is 1.62 bits per heavy atom. The number of imidazole rings is 1. The Morgan fingerprint density at radius 3 is 2.40 bits per heavy atom. The Labute approximate surface area is 231 Å². The van der Waals surface area contributed by atoms with Crippen molar-refractivity contribution < 1.29 is 19.0 Å². The number of hydrogen-bond donors (Lipinski definition) is 1. The van der Waals surface area contributed by atoms with Gasteiger partial charge < -0.3 is 19.5 Å². The van der Waals surface area contributed by atoms with Gasteiger partial charge in [-0.1, -0.05) is 48.5 Å². The Kier molecular flexibility index (Phi) is 6.89. The Bertz CT molecular complexity index is 1690. The number of amidine groups is 1. The number of methoxy groups -OCH3 is 2. The molecule has 40 heavy (non-hydrogen) atoms. The molecule has 1 aliphatic rings. The maximum absolute atomic E-state index is 14.0. The van der Waals surface area contributed by atoms with Crippen LogP contribution in [-0.4, -0.2) is 41.3 Å². The molecule has 3 aromatic carbocycles. The van der Waals surface area contributed by atoms with Crippen LogP contribution in [0.25, 0.3) is 5.65 Å². The van der Waals surface area contributed by atoms with Crippen LogP contribution in [0.1, 0.15) is 27.2 Å². The molecule has 8 heteroatoms. The number of aromatic nitrogens is 2. The fourth-order valence-electron chi connectivity index (χ4n) is 4.79. The molecule has 0 unspecified atom stereocenters. The van der Waals surface area contributed by atoms with Crippen molar-refractivity contribution in [2.45, 2.75) is 19.1 Å². The zero-order valence-corrected chi connectivity index (χ0v) is 22.2. The maximum Gasteiger partial charge on any atom is 0.208 e. The lowest BCUT2D eigenvalue weighted by molar-refractivity contribution is 0.0958. The van der Waals surface area contributed by atoms with Gasteiger partial charge in [-0.2, -0.15) is 0 Å². The van der Waals surface area contributed by atoms with Gasteiger partial charge in [-0.25, -0.2) is 4.98 Å². The van der Waals surface area contributed by atoms with E-state index in [1.54, 1.807) is 14.2 Å². The van der Waals surface area contributed by atoms with Crippen LogP contribution in [0.4, 0.5) is 5.82 Å². The van der Waals surface area contributed by atoms with E-state index >= 15 is 0 Å². The minimum atomic E-state index is -0.673. The molecule has 0 fully saturated rings. The SMILES string of the molecule is COc1ccc(C2=N[C@@H](Cc3ccc(OCc4ccccc4)cc3)C(=O)c3c(nc4ccccn34)N2)cc1OC. The molecular weight excluding hydrogens is 504 g/mol. The van der Waals surface area contributed by atoms with Crippen molar-refractivity contribution in [3.05, 3.63) is 120 Å². The molecule has 3 heterocycles. The van der Waals surface area contributed by atoms with E-state index in [2.05, 4.69) is 5.32 Å². The van der Waals surface area contributed by atoms with Gasteiger partial charge in [0, 0.05) is 18.2 Å². The van der Waals surface area contributed by atoms with Gasteiger partial charge in [0.1, 0.15) is 35.6 Å². The van der Waals surface area contributed by atoms with E-state index in [9.17, 15) is 4.79 Å². The van der Waals surface area contributed by atoms with Crippen LogP contribution >= 0.6 is 0 Å². The van der Waals surface area contributed by atoms with Crippen molar-refractivity contribution in [2.75, 3.05) is 19.5 Å². The summed E-state index contributed by atoms with van der Waals surface area (Å²) in [6.45, 7) is 0.489. The number of fused-ring (bicyclic) bond motifs is 3. The van der Waals surface area contributed by atoms with E-state index < -0.39 is 6.04 Å². The Balaban J connectivity index is 1.33. The summed E-state index contributed by atoms with van der Waals surface area (Å²) in [5, 5.41) is 3.32. The number of nitrogens with zero attached hydrogens (tertiary/aromatic N) is 3. The standard InChI is InChI=1S/C32H28N4O4/c1-38-26-16-13-23(19-27(26)39-2)31-33-25(30(37)29-32(35-31)34-28-10-6-7-17-36(28)29)18-21-11-14-24(15-12-21)40-20-22-8-4-3-5-9-22/h3-17,19,25H,18,20H2,1-2H3,(H,33,35)/t25-/m0/s1. The number of pyridine rings is 1. The van der Waals surface area contributed by atoms with Gasteiger partial charge in [0.25, 0.3) is 0 Å². The van der Waals surface area contributed by atoms with Gasteiger partial charge in [-0.15, -0.1) is 0 Å². The third-order valence-electron chi connectivity index (χ3n) is 6.85. The van der Waals surface area contributed by atoms with Gasteiger partial charge >= 0.3 is 0 Å². The first-order valence-corrected chi connectivity index (χ1v) is 13.0. The van der Waals surface area contributed by atoms with E-state index in [0.717, 1.165) is 22.4 Å².